The molecule has 0 aromatic carbocycles. The van der Waals surface area contributed by atoms with Crippen molar-refractivity contribution in [3.05, 3.63) is 0 Å². The van der Waals surface area contributed by atoms with Crippen LogP contribution in [0.25, 0.3) is 0 Å². The number of likely N-dealkylation sites (tertiary alicyclic amines) is 1. The number of nitrogens with zero attached hydrogens (tertiary/aromatic N) is 1. The highest BCUT2D eigenvalue weighted by Gasteiger charge is 2.40. The summed E-state index contributed by atoms with van der Waals surface area (Å²) in [5, 5.41) is 11.8. The van der Waals surface area contributed by atoms with E-state index in [2.05, 4.69) is 5.32 Å². The maximum Gasteiger partial charge on any atom is 0.407 e. The Morgan fingerprint density at radius 1 is 1.47 bits per heavy atom. The van der Waals surface area contributed by atoms with Gasteiger partial charge >= 0.3 is 6.09 Å². The molecule has 0 spiro atoms. The summed E-state index contributed by atoms with van der Waals surface area (Å²) >= 11 is 0. The number of amides is 2. The lowest BCUT2D eigenvalue weighted by molar-refractivity contribution is -0.123. The fourth-order valence-corrected chi connectivity index (χ4v) is 1.97. The Hall–Kier alpha value is -1.26. The first kappa shape index (κ1) is 10.3. The number of hydrogen-bond acceptors (Lipinski definition) is 2. The molecule has 0 aromatic rings. The standard InChI is InChI=1S/C10H16N2O3/c1-10(11-8(13)7-2-3-7)4-5-12(6-10)9(14)15/h7H,2-6H2,1H3,(H,11,13)(H,14,15). The van der Waals surface area contributed by atoms with Crippen molar-refractivity contribution in [1.29, 1.82) is 0 Å². The molecule has 5 heteroatoms. The van der Waals surface area contributed by atoms with Crippen LogP contribution in [0, 0.1) is 5.92 Å². The minimum Gasteiger partial charge on any atom is -0.465 e. The first-order valence-corrected chi connectivity index (χ1v) is 5.30. The van der Waals surface area contributed by atoms with Gasteiger partial charge in [-0.1, -0.05) is 0 Å². The Labute approximate surface area is 88.4 Å². The van der Waals surface area contributed by atoms with E-state index < -0.39 is 6.09 Å². The minimum atomic E-state index is -0.903. The van der Waals surface area contributed by atoms with E-state index in [4.69, 9.17) is 5.11 Å². The van der Waals surface area contributed by atoms with Crippen LogP contribution in [-0.4, -0.2) is 40.6 Å². The average molecular weight is 212 g/mol. The summed E-state index contributed by atoms with van der Waals surface area (Å²) in [7, 11) is 0. The van der Waals surface area contributed by atoms with Crippen molar-refractivity contribution in [2.45, 2.75) is 31.7 Å². The van der Waals surface area contributed by atoms with E-state index in [-0.39, 0.29) is 17.4 Å². The highest BCUT2D eigenvalue weighted by molar-refractivity contribution is 5.81. The van der Waals surface area contributed by atoms with Gasteiger partial charge in [0.25, 0.3) is 0 Å². The fraction of sp³-hybridized carbons (Fsp3) is 0.800. The molecule has 1 unspecified atom stereocenters. The van der Waals surface area contributed by atoms with Gasteiger partial charge in [-0.25, -0.2) is 4.79 Å². The molecule has 1 aliphatic carbocycles. The third-order valence-corrected chi connectivity index (χ3v) is 3.12. The SMILES string of the molecule is CC1(NC(=O)C2CC2)CCN(C(=O)O)C1. The Balaban J connectivity index is 1.90. The van der Waals surface area contributed by atoms with Crippen LogP contribution in [0.5, 0.6) is 0 Å². The molecule has 1 aliphatic heterocycles. The normalized spacial score (nSPS) is 30.3. The summed E-state index contributed by atoms with van der Waals surface area (Å²) in [4.78, 5) is 23.7. The van der Waals surface area contributed by atoms with Crippen molar-refractivity contribution >= 4 is 12.0 Å². The molecule has 0 bridgehead atoms. The van der Waals surface area contributed by atoms with E-state index in [0.29, 0.717) is 19.5 Å². The summed E-state index contributed by atoms with van der Waals surface area (Å²) in [6.45, 7) is 2.83. The molecular weight excluding hydrogens is 196 g/mol. The summed E-state index contributed by atoms with van der Waals surface area (Å²) in [5.41, 5.74) is -0.363. The first-order chi connectivity index (χ1) is 7.00. The molecule has 1 saturated carbocycles. The van der Waals surface area contributed by atoms with Gasteiger partial charge in [0, 0.05) is 19.0 Å². The molecule has 84 valence electrons. The molecule has 1 atom stereocenters. The third-order valence-electron chi connectivity index (χ3n) is 3.12. The van der Waals surface area contributed by atoms with Crippen molar-refractivity contribution in [1.82, 2.24) is 10.2 Å². The van der Waals surface area contributed by atoms with E-state index in [1.54, 1.807) is 0 Å². The van der Waals surface area contributed by atoms with Gasteiger partial charge in [0.05, 0.1) is 5.54 Å². The van der Waals surface area contributed by atoms with Crippen LogP contribution < -0.4 is 5.32 Å². The minimum absolute atomic E-state index is 0.0877. The van der Waals surface area contributed by atoms with Crippen molar-refractivity contribution in [3.8, 4) is 0 Å². The molecule has 15 heavy (non-hydrogen) atoms. The number of carbonyl (C=O) groups excluding carboxylic acids is 1. The zero-order chi connectivity index (χ0) is 11.1. The second-order valence-corrected chi connectivity index (χ2v) is 4.78. The summed E-state index contributed by atoms with van der Waals surface area (Å²) < 4.78 is 0. The molecule has 2 rings (SSSR count). The zero-order valence-electron chi connectivity index (χ0n) is 8.82. The molecule has 1 heterocycles. The van der Waals surface area contributed by atoms with Gasteiger partial charge in [-0.3, -0.25) is 4.79 Å². The Kier molecular flexibility index (Phi) is 2.32. The lowest BCUT2D eigenvalue weighted by Gasteiger charge is -2.25. The Morgan fingerprint density at radius 3 is 2.60 bits per heavy atom. The predicted octanol–water partition coefficient (Wildman–Crippen LogP) is 0.655. The van der Waals surface area contributed by atoms with E-state index >= 15 is 0 Å². The molecule has 5 nitrogen and oxygen atoms in total. The van der Waals surface area contributed by atoms with E-state index in [9.17, 15) is 9.59 Å². The third kappa shape index (κ3) is 2.22. The molecule has 0 aromatic heterocycles. The smallest absolute Gasteiger partial charge is 0.407 e. The van der Waals surface area contributed by atoms with Crippen LogP contribution in [0.2, 0.25) is 0 Å². The summed E-state index contributed by atoms with van der Waals surface area (Å²) in [6, 6.07) is 0. The maximum absolute atomic E-state index is 11.6. The molecule has 2 N–H and O–H groups in total. The number of nitrogens with one attached hydrogen (secondary N) is 1. The van der Waals surface area contributed by atoms with Crippen molar-refractivity contribution in [2.75, 3.05) is 13.1 Å². The van der Waals surface area contributed by atoms with Gasteiger partial charge in [-0.15, -0.1) is 0 Å². The van der Waals surface area contributed by atoms with Crippen LogP contribution in [-0.2, 0) is 4.79 Å². The van der Waals surface area contributed by atoms with Gasteiger partial charge in [0.1, 0.15) is 0 Å². The van der Waals surface area contributed by atoms with E-state index in [1.807, 2.05) is 6.92 Å². The summed E-state index contributed by atoms with van der Waals surface area (Å²) in [5.74, 6) is 0.269. The van der Waals surface area contributed by atoms with Gasteiger partial charge in [0.2, 0.25) is 5.91 Å². The van der Waals surface area contributed by atoms with Gasteiger partial charge in [-0.05, 0) is 26.2 Å². The van der Waals surface area contributed by atoms with Crippen LogP contribution in [0.1, 0.15) is 26.2 Å². The Morgan fingerprint density at radius 2 is 2.13 bits per heavy atom. The highest BCUT2D eigenvalue weighted by Crippen LogP contribution is 2.30. The number of rotatable bonds is 2. The number of carboxylic acid groups (broad SMARTS) is 1. The molecule has 1 saturated heterocycles. The molecular formula is C10H16N2O3. The van der Waals surface area contributed by atoms with Crippen LogP contribution in [0.3, 0.4) is 0 Å². The van der Waals surface area contributed by atoms with Crippen molar-refractivity contribution in [2.24, 2.45) is 5.92 Å². The largest absolute Gasteiger partial charge is 0.465 e. The topological polar surface area (TPSA) is 69.6 Å². The quantitative estimate of drug-likeness (QED) is 0.706. The molecule has 2 aliphatic rings. The molecule has 2 fully saturated rings. The summed E-state index contributed by atoms with van der Waals surface area (Å²) in [6.07, 6.45) is 1.76. The number of carbonyl (C=O) groups is 2. The van der Waals surface area contributed by atoms with Crippen LogP contribution >= 0.6 is 0 Å². The van der Waals surface area contributed by atoms with Gasteiger partial charge in [-0.2, -0.15) is 0 Å². The van der Waals surface area contributed by atoms with Gasteiger partial charge < -0.3 is 15.3 Å². The van der Waals surface area contributed by atoms with Crippen LogP contribution in [0.4, 0.5) is 4.79 Å². The Bertz CT molecular complexity index is 301. The second kappa shape index (κ2) is 3.40. The number of hydrogen-bond donors (Lipinski definition) is 2. The monoisotopic (exact) mass is 212 g/mol. The second-order valence-electron chi connectivity index (χ2n) is 4.78. The first-order valence-electron chi connectivity index (χ1n) is 5.30. The average Bonchev–Trinajstić information content (AvgIpc) is 2.91. The molecule has 2 amide bonds. The fourth-order valence-electron chi connectivity index (χ4n) is 1.97. The lowest BCUT2D eigenvalue weighted by Crippen LogP contribution is -2.49. The van der Waals surface area contributed by atoms with E-state index in [1.165, 1.54) is 4.90 Å². The maximum atomic E-state index is 11.6. The predicted molar refractivity (Wildman–Crippen MR) is 53.5 cm³/mol. The highest BCUT2D eigenvalue weighted by atomic mass is 16.4. The van der Waals surface area contributed by atoms with Crippen molar-refractivity contribution < 1.29 is 14.7 Å². The van der Waals surface area contributed by atoms with Crippen LogP contribution in [0.15, 0.2) is 0 Å². The van der Waals surface area contributed by atoms with Gasteiger partial charge in [0.15, 0.2) is 0 Å². The van der Waals surface area contributed by atoms with E-state index in [0.717, 1.165) is 12.8 Å². The molecule has 0 radical (unpaired) electrons. The lowest BCUT2D eigenvalue weighted by atomic mass is 10.0. The van der Waals surface area contributed by atoms with Crippen molar-refractivity contribution in [3.63, 3.8) is 0 Å². The zero-order valence-corrected chi connectivity index (χ0v) is 8.82.